The van der Waals surface area contributed by atoms with Crippen LogP contribution in [0.4, 0.5) is 34.6 Å². The van der Waals surface area contributed by atoms with Gasteiger partial charge in [-0.15, -0.1) is 0 Å². The smallest absolute Gasteiger partial charge is 0.257 e. The average molecular weight is 361 g/mol. The summed E-state index contributed by atoms with van der Waals surface area (Å²) in [6, 6.07) is 7.45. The first-order valence-corrected chi connectivity index (χ1v) is 7.36. The maximum Gasteiger partial charge on any atom is 0.257 e. The molecule has 1 heterocycles. The van der Waals surface area contributed by atoms with Crippen LogP contribution in [0.15, 0.2) is 54.9 Å². The van der Waals surface area contributed by atoms with Crippen LogP contribution >= 0.6 is 0 Å². The fraction of sp³-hybridized carbons (Fsp3) is 0. The predicted molar refractivity (Wildman–Crippen MR) is 88.2 cm³/mol. The van der Waals surface area contributed by atoms with E-state index in [-0.39, 0.29) is 16.9 Å². The minimum Gasteiger partial charge on any atom is -0.352 e. The summed E-state index contributed by atoms with van der Waals surface area (Å²) >= 11 is 0. The van der Waals surface area contributed by atoms with Gasteiger partial charge in [0, 0.05) is 12.3 Å². The Bertz CT molecular complexity index is 958. The zero-order valence-electron chi connectivity index (χ0n) is 13.1. The SMILES string of the molecule is O=C(Nc1c(F)cccc1F)c1cncc(Nc2ccc(F)cc2F)c1. The standard InChI is InChI=1S/C18H11F4N3O/c19-11-4-5-16(15(22)7-11)24-12-6-10(8-23-9-12)18(26)25-17-13(20)2-1-3-14(17)21/h1-9,24H,(H,25,26). The van der Waals surface area contributed by atoms with Crippen molar-refractivity contribution < 1.29 is 22.4 Å². The molecule has 1 amide bonds. The third-order valence-corrected chi connectivity index (χ3v) is 3.41. The van der Waals surface area contributed by atoms with Crippen LogP contribution in [0.1, 0.15) is 10.4 Å². The first-order chi connectivity index (χ1) is 12.4. The second kappa shape index (κ2) is 7.22. The molecule has 0 saturated heterocycles. The number of rotatable bonds is 4. The Morgan fingerprint density at radius 2 is 1.62 bits per heavy atom. The third kappa shape index (κ3) is 3.80. The molecule has 4 nitrogen and oxygen atoms in total. The number of hydrogen-bond acceptors (Lipinski definition) is 3. The molecule has 3 aromatic rings. The number of nitrogens with one attached hydrogen (secondary N) is 2. The highest BCUT2D eigenvalue weighted by Gasteiger charge is 2.14. The normalized spacial score (nSPS) is 10.5. The molecule has 0 spiro atoms. The third-order valence-electron chi connectivity index (χ3n) is 3.41. The largest absolute Gasteiger partial charge is 0.352 e. The van der Waals surface area contributed by atoms with Gasteiger partial charge in [0.1, 0.15) is 29.0 Å². The van der Waals surface area contributed by atoms with Crippen molar-refractivity contribution in [1.29, 1.82) is 0 Å². The summed E-state index contributed by atoms with van der Waals surface area (Å²) < 4.78 is 53.9. The summed E-state index contributed by atoms with van der Waals surface area (Å²) in [6.45, 7) is 0. The first-order valence-electron chi connectivity index (χ1n) is 7.36. The maximum absolute atomic E-state index is 13.7. The van der Waals surface area contributed by atoms with Gasteiger partial charge in [0.2, 0.25) is 0 Å². The van der Waals surface area contributed by atoms with E-state index in [0.717, 1.165) is 18.2 Å². The zero-order chi connectivity index (χ0) is 18.7. The van der Waals surface area contributed by atoms with E-state index < -0.39 is 34.9 Å². The summed E-state index contributed by atoms with van der Waals surface area (Å²) in [5, 5.41) is 4.77. The molecule has 0 saturated carbocycles. The van der Waals surface area contributed by atoms with E-state index in [1.165, 1.54) is 30.6 Å². The van der Waals surface area contributed by atoms with Gasteiger partial charge in [-0.25, -0.2) is 17.6 Å². The van der Waals surface area contributed by atoms with Crippen molar-refractivity contribution in [3.05, 3.63) is 83.7 Å². The van der Waals surface area contributed by atoms with Crippen molar-refractivity contribution in [1.82, 2.24) is 4.98 Å². The highest BCUT2D eigenvalue weighted by atomic mass is 19.1. The van der Waals surface area contributed by atoms with Gasteiger partial charge < -0.3 is 10.6 Å². The summed E-state index contributed by atoms with van der Waals surface area (Å²) in [5.74, 6) is -4.20. The second-order valence-electron chi connectivity index (χ2n) is 5.26. The van der Waals surface area contributed by atoms with Gasteiger partial charge in [0.15, 0.2) is 0 Å². The van der Waals surface area contributed by atoms with Crippen molar-refractivity contribution in [2.24, 2.45) is 0 Å². The lowest BCUT2D eigenvalue weighted by Crippen LogP contribution is -2.14. The van der Waals surface area contributed by atoms with Gasteiger partial charge in [-0.3, -0.25) is 9.78 Å². The van der Waals surface area contributed by atoms with Crippen LogP contribution in [0.5, 0.6) is 0 Å². The summed E-state index contributed by atoms with van der Waals surface area (Å²) in [4.78, 5) is 16.0. The molecule has 0 aliphatic carbocycles. The van der Waals surface area contributed by atoms with Crippen LogP contribution in [-0.2, 0) is 0 Å². The molecule has 0 atom stereocenters. The number of aromatic nitrogens is 1. The zero-order valence-corrected chi connectivity index (χ0v) is 13.1. The Labute approximate surface area is 145 Å². The maximum atomic E-state index is 13.7. The Morgan fingerprint density at radius 1 is 0.885 bits per heavy atom. The number of para-hydroxylation sites is 1. The molecule has 0 unspecified atom stereocenters. The van der Waals surface area contributed by atoms with E-state index >= 15 is 0 Å². The van der Waals surface area contributed by atoms with Crippen molar-refractivity contribution in [3.63, 3.8) is 0 Å². The number of carbonyl (C=O) groups is 1. The molecule has 3 rings (SSSR count). The number of anilines is 3. The lowest BCUT2D eigenvalue weighted by Gasteiger charge is -2.10. The van der Waals surface area contributed by atoms with E-state index in [4.69, 9.17) is 0 Å². The molecule has 26 heavy (non-hydrogen) atoms. The van der Waals surface area contributed by atoms with Crippen LogP contribution in [0.2, 0.25) is 0 Å². The van der Waals surface area contributed by atoms with Crippen LogP contribution < -0.4 is 10.6 Å². The molecule has 2 N–H and O–H groups in total. The van der Waals surface area contributed by atoms with Crippen LogP contribution in [-0.4, -0.2) is 10.9 Å². The average Bonchev–Trinajstić information content (AvgIpc) is 2.61. The number of hydrogen-bond donors (Lipinski definition) is 2. The molecule has 1 aromatic heterocycles. The number of pyridine rings is 1. The second-order valence-corrected chi connectivity index (χ2v) is 5.26. The molecular weight excluding hydrogens is 350 g/mol. The van der Waals surface area contributed by atoms with Gasteiger partial charge in [-0.2, -0.15) is 0 Å². The lowest BCUT2D eigenvalue weighted by atomic mass is 10.2. The van der Waals surface area contributed by atoms with Crippen molar-refractivity contribution in [2.75, 3.05) is 10.6 Å². The van der Waals surface area contributed by atoms with Crippen LogP contribution in [0.3, 0.4) is 0 Å². The quantitative estimate of drug-likeness (QED) is 0.666. The van der Waals surface area contributed by atoms with E-state index in [1.54, 1.807) is 0 Å². The molecule has 132 valence electrons. The van der Waals surface area contributed by atoms with Crippen LogP contribution in [0.25, 0.3) is 0 Å². The van der Waals surface area contributed by atoms with Crippen LogP contribution in [0, 0.1) is 23.3 Å². The van der Waals surface area contributed by atoms with E-state index in [2.05, 4.69) is 15.6 Å². The molecule has 8 heteroatoms. The highest BCUT2D eigenvalue weighted by Crippen LogP contribution is 2.22. The van der Waals surface area contributed by atoms with Gasteiger partial charge in [0.05, 0.1) is 23.1 Å². The number of carbonyl (C=O) groups excluding carboxylic acids is 1. The molecule has 0 fully saturated rings. The van der Waals surface area contributed by atoms with Crippen molar-refractivity contribution >= 4 is 23.0 Å². The minimum atomic E-state index is -0.922. The minimum absolute atomic E-state index is 0.0137. The number of nitrogens with zero attached hydrogens (tertiary/aromatic N) is 1. The first kappa shape index (κ1) is 17.4. The number of amides is 1. The van der Waals surface area contributed by atoms with Gasteiger partial charge >= 0.3 is 0 Å². The Balaban J connectivity index is 1.81. The topological polar surface area (TPSA) is 54.0 Å². The summed E-state index contributed by atoms with van der Waals surface area (Å²) in [6.07, 6.45) is 2.49. The van der Waals surface area contributed by atoms with E-state index in [0.29, 0.717) is 6.07 Å². The van der Waals surface area contributed by atoms with E-state index in [9.17, 15) is 22.4 Å². The van der Waals surface area contributed by atoms with Gasteiger partial charge in [-0.05, 0) is 30.3 Å². The molecule has 0 bridgehead atoms. The highest BCUT2D eigenvalue weighted by molar-refractivity contribution is 6.04. The monoisotopic (exact) mass is 361 g/mol. The van der Waals surface area contributed by atoms with Crippen molar-refractivity contribution in [2.45, 2.75) is 0 Å². The lowest BCUT2D eigenvalue weighted by molar-refractivity contribution is 0.102. The summed E-state index contributed by atoms with van der Waals surface area (Å²) in [5.41, 5.74) is -0.385. The molecule has 0 aliphatic rings. The fourth-order valence-electron chi connectivity index (χ4n) is 2.18. The Morgan fingerprint density at radius 3 is 2.31 bits per heavy atom. The number of halogens is 4. The number of benzene rings is 2. The van der Waals surface area contributed by atoms with Crippen molar-refractivity contribution in [3.8, 4) is 0 Å². The summed E-state index contributed by atoms with van der Waals surface area (Å²) in [7, 11) is 0. The Kier molecular flexibility index (Phi) is 4.83. The predicted octanol–water partition coefficient (Wildman–Crippen LogP) is 4.63. The van der Waals surface area contributed by atoms with Gasteiger partial charge in [0.25, 0.3) is 5.91 Å². The molecule has 2 aromatic carbocycles. The van der Waals surface area contributed by atoms with Gasteiger partial charge in [-0.1, -0.05) is 6.07 Å². The van der Waals surface area contributed by atoms with E-state index in [1.807, 2.05) is 0 Å². The Hall–Kier alpha value is -3.42. The molecule has 0 radical (unpaired) electrons. The fourth-order valence-corrected chi connectivity index (χ4v) is 2.18. The molecular formula is C18H11F4N3O. The molecule has 0 aliphatic heterocycles.